The minimum atomic E-state index is -0.823. The van der Waals surface area contributed by atoms with Crippen molar-refractivity contribution in [1.82, 2.24) is 0 Å². The van der Waals surface area contributed by atoms with Crippen LogP contribution in [-0.2, 0) is 0 Å². The molecule has 2 aromatic rings. The molecule has 2 rings (SSSR count). The zero-order valence-corrected chi connectivity index (χ0v) is 13.1. The topological polar surface area (TPSA) is 12.4 Å². The minimum absolute atomic E-state index is 0.352. The first-order chi connectivity index (χ1) is 11.5. The average Bonchev–Trinajstić information content (AvgIpc) is 2.58. The van der Waals surface area contributed by atoms with Crippen LogP contribution in [0, 0.1) is 23.5 Å². The molecule has 0 aliphatic carbocycles. The van der Waals surface area contributed by atoms with Gasteiger partial charge in [0.15, 0.2) is 11.6 Å². The lowest BCUT2D eigenvalue weighted by atomic mass is 10.0. The van der Waals surface area contributed by atoms with Gasteiger partial charge in [-0.2, -0.15) is 4.99 Å². The molecule has 24 heavy (non-hydrogen) atoms. The summed E-state index contributed by atoms with van der Waals surface area (Å²) < 4.78 is 40.5. The third kappa shape index (κ3) is 4.30. The predicted octanol–water partition coefficient (Wildman–Crippen LogP) is 5.76. The van der Waals surface area contributed by atoms with E-state index < -0.39 is 23.1 Å². The van der Waals surface area contributed by atoms with Crippen molar-refractivity contribution in [1.29, 1.82) is 0 Å². The number of halogens is 3. The second-order valence-electron chi connectivity index (χ2n) is 4.57. The van der Waals surface area contributed by atoms with E-state index in [2.05, 4.69) is 35.6 Å². The molecule has 118 valence electrons. The first-order valence-electron chi connectivity index (χ1n) is 6.72. The van der Waals surface area contributed by atoms with E-state index >= 15 is 0 Å². The Morgan fingerprint density at radius 3 is 2.25 bits per heavy atom. The van der Waals surface area contributed by atoms with E-state index in [9.17, 15) is 13.2 Å². The SMILES string of the molecule is C=C/C(F)=C/C#Cc1ccc(-c2cc(F)c(N=C=S)c(F)c2)cc1. The molecule has 0 atom stereocenters. The summed E-state index contributed by atoms with van der Waals surface area (Å²) in [5, 5.41) is 1.94. The van der Waals surface area contributed by atoms with Crippen LogP contribution in [0.15, 0.2) is 65.9 Å². The summed E-state index contributed by atoms with van der Waals surface area (Å²) in [7, 11) is 0. The summed E-state index contributed by atoms with van der Waals surface area (Å²) in [6.45, 7) is 3.27. The molecule has 0 spiro atoms. The van der Waals surface area contributed by atoms with Crippen LogP contribution in [0.1, 0.15) is 5.56 Å². The van der Waals surface area contributed by atoms with Crippen LogP contribution < -0.4 is 0 Å². The molecule has 0 fully saturated rings. The highest BCUT2D eigenvalue weighted by molar-refractivity contribution is 7.78. The number of rotatable bonds is 3. The van der Waals surface area contributed by atoms with Crippen LogP contribution in [-0.4, -0.2) is 5.16 Å². The van der Waals surface area contributed by atoms with Crippen LogP contribution in [0.5, 0.6) is 0 Å². The number of hydrogen-bond acceptors (Lipinski definition) is 2. The van der Waals surface area contributed by atoms with Crippen molar-refractivity contribution in [2.24, 2.45) is 4.99 Å². The third-order valence-corrected chi connectivity index (χ3v) is 3.11. The summed E-state index contributed by atoms with van der Waals surface area (Å²) in [4.78, 5) is 3.36. The predicted molar refractivity (Wildman–Crippen MR) is 92.7 cm³/mol. The maximum absolute atomic E-state index is 13.8. The zero-order valence-electron chi connectivity index (χ0n) is 12.3. The second kappa shape index (κ2) is 8.07. The van der Waals surface area contributed by atoms with Crippen molar-refractivity contribution in [3.63, 3.8) is 0 Å². The fourth-order valence-corrected chi connectivity index (χ4v) is 1.97. The van der Waals surface area contributed by atoms with Gasteiger partial charge in [0.05, 0.1) is 5.16 Å². The maximum Gasteiger partial charge on any atom is 0.153 e. The molecule has 0 saturated carbocycles. The van der Waals surface area contributed by atoms with E-state index in [0.717, 1.165) is 24.3 Å². The number of hydrogen-bond donors (Lipinski definition) is 0. The smallest absolute Gasteiger partial charge is 0.153 e. The van der Waals surface area contributed by atoms with E-state index in [1.807, 2.05) is 5.16 Å². The number of nitrogens with zero attached hydrogens (tertiary/aromatic N) is 1. The summed E-state index contributed by atoms with van der Waals surface area (Å²) >= 11 is 4.36. The number of allylic oxidation sites excluding steroid dienone is 3. The standard InChI is InChI=1S/C19H10F3NS/c1-2-16(20)5-3-4-13-6-8-14(9-7-13)15-10-17(21)19(23-12-24)18(22)11-15/h2,5-11H,1H2/b16-5-. The average molecular weight is 341 g/mol. The first-order valence-corrected chi connectivity index (χ1v) is 7.13. The van der Waals surface area contributed by atoms with Crippen molar-refractivity contribution in [2.45, 2.75) is 0 Å². The van der Waals surface area contributed by atoms with Crippen molar-refractivity contribution in [3.8, 4) is 23.0 Å². The molecule has 0 amide bonds. The molecule has 5 heteroatoms. The van der Waals surface area contributed by atoms with Gasteiger partial charge in [0.1, 0.15) is 11.5 Å². The Hall–Kier alpha value is -2.93. The fraction of sp³-hybridized carbons (Fsp3) is 0. The van der Waals surface area contributed by atoms with Crippen molar-refractivity contribution in [3.05, 3.63) is 78.2 Å². The lowest BCUT2D eigenvalue weighted by molar-refractivity contribution is 0.588. The van der Waals surface area contributed by atoms with Gasteiger partial charge in [-0.1, -0.05) is 30.6 Å². The van der Waals surface area contributed by atoms with Crippen LogP contribution in [0.2, 0.25) is 0 Å². The molecule has 1 nitrogen and oxygen atoms in total. The van der Waals surface area contributed by atoms with Gasteiger partial charge in [0.25, 0.3) is 0 Å². The maximum atomic E-state index is 13.8. The highest BCUT2D eigenvalue weighted by atomic mass is 32.1. The van der Waals surface area contributed by atoms with Gasteiger partial charge in [0, 0.05) is 11.6 Å². The molecule has 0 saturated heterocycles. The molecular formula is C19H10F3NS. The van der Waals surface area contributed by atoms with Gasteiger partial charge in [0.2, 0.25) is 0 Å². The lowest BCUT2D eigenvalue weighted by Gasteiger charge is -2.05. The highest BCUT2D eigenvalue weighted by Crippen LogP contribution is 2.29. The Bertz CT molecular complexity index is 889. The molecule has 2 aromatic carbocycles. The van der Waals surface area contributed by atoms with E-state index in [4.69, 9.17) is 0 Å². The molecule has 0 aliphatic rings. The van der Waals surface area contributed by atoms with Gasteiger partial charge in [-0.15, -0.1) is 0 Å². The van der Waals surface area contributed by atoms with E-state index in [-0.39, 0.29) is 0 Å². The third-order valence-electron chi connectivity index (χ3n) is 3.01. The van der Waals surface area contributed by atoms with Gasteiger partial charge in [-0.25, -0.2) is 13.2 Å². The quantitative estimate of drug-likeness (QED) is 0.299. The minimum Gasteiger partial charge on any atom is -0.206 e. The van der Waals surface area contributed by atoms with Crippen LogP contribution in [0.4, 0.5) is 18.9 Å². The van der Waals surface area contributed by atoms with Crippen molar-refractivity contribution >= 4 is 23.1 Å². The largest absolute Gasteiger partial charge is 0.206 e. The zero-order chi connectivity index (χ0) is 17.5. The monoisotopic (exact) mass is 341 g/mol. The molecule has 0 unspecified atom stereocenters. The van der Waals surface area contributed by atoms with Gasteiger partial charge in [-0.3, -0.25) is 0 Å². The number of thiocarbonyl (C=S) groups is 1. The molecule has 0 aliphatic heterocycles. The number of aliphatic imine (C=N–C) groups is 1. The number of benzene rings is 2. The Morgan fingerprint density at radius 2 is 1.71 bits per heavy atom. The van der Waals surface area contributed by atoms with Gasteiger partial charge < -0.3 is 0 Å². The molecule has 0 radical (unpaired) electrons. The normalized spacial score (nSPS) is 10.4. The molecule has 0 N–H and O–H groups in total. The molecule has 0 heterocycles. The Morgan fingerprint density at radius 1 is 1.08 bits per heavy atom. The summed E-state index contributed by atoms with van der Waals surface area (Å²) in [5.41, 5.74) is 1.12. The second-order valence-corrected chi connectivity index (χ2v) is 4.75. The highest BCUT2D eigenvalue weighted by Gasteiger charge is 2.11. The van der Waals surface area contributed by atoms with E-state index in [1.54, 1.807) is 24.3 Å². The molecular weight excluding hydrogens is 331 g/mol. The fourth-order valence-electron chi connectivity index (χ4n) is 1.88. The van der Waals surface area contributed by atoms with Crippen LogP contribution in [0.25, 0.3) is 11.1 Å². The Balaban J connectivity index is 2.31. The van der Waals surface area contributed by atoms with E-state index in [1.165, 1.54) is 0 Å². The summed E-state index contributed by atoms with van der Waals surface area (Å²) in [5.74, 6) is 3.11. The molecule has 0 bridgehead atoms. The number of isothiocyanates is 1. The Labute approximate surface area is 142 Å². The van der Waals surface area contributed by atoms with E-state index in [0.29, 0.717) is 16.7 Å². The lowest BCUT2D eigenvalue weighted by Crippen LogP contribution is -1.87. The van der Waals surface area contributed by atoms with Gasteiger partial charge >= 0.3 is 0 Å². The summed E-state index contributed by atoms with van der Waals surface area (Å²) in [6.07, 6.45) is 2.15. The van der Waals surface area contributed by atoms with Crippen LogP contribution >= 0.6 is 12.2 Å². The summed E-state index contributed by atoms with van der Waals surface area (Å²) in [6, 6.07) is 8.98. The van der Waals surface area contributed by atoms with Crippen molar-refractivity contribution < 1.29 is 13.2 Å². The Kier molecular flexibility index (Phi) is 5.86. The van der Waals surface area contributed by atoms with Crippen molar-refractivity contribution in [2.75, 3.05) is 0 Å². The van der Waals surface area contributed by atoms with Gasteiger partial charge in [-0.05, 0) is 53.7 Å². The van der Waals surface area contributed by atoms with Crippen LogP contribution in [0.3, 0.4) is 0 Å². The first kappa shape index (κ1) is 17.4. The molecule has 0 aromatic heterocycles.